The summed E-state index contributed by atoms with van der Waals surface area (Å²) in [6.07, 6.45) is 5.45. The summed E-state index contributed by atoms with van der Waals surface area (Å²) in [4.78, 5) is 0. The van der Waals surface area contributed by atoms with Crippen LogP contribution in [0.4, 0.5) is 0 Å². The first kappa shape index (κ1) is 14.1. The molecule has 1 saturated heterocycles. The Balaban J connectivity index is 1.50. The van der Waals surface area contributed by atoms with Gasteiger partial charge >= 0.3 is 0 Å². The molecule has 1 spiro atoms. The Hall–Kier alpha value is -0.900. The van der Waals surface area contributed by atoms with Crippen LogP contribution in [0.5, 0.6) is 0 Å². The molecule has 0 bridgehead atoms. The van der Waals surface area contributed by atoms with Crippen molar-refractivity contribution in [1.29, 1.82) is 0 Å². The van der Waals surface area contributed by atoms with Crippen molar-refractivity contribution in [2.75, 3.05) is 13.2 Å². The maximum absolute atomic E-state index is 5.78. The number of ether oxygens (including phenoxy) is 2. The third kappa shape index (κ3) is 3.05. The van der Waals surface area contributed by atoms with Crippen molar-refractivity contribution in [3.8, 4) is 0 Å². The second-order valence-corrected chi connectivity index (χ2v) is 5.89. The summed E-state index contributed by atoms with van der Waals surface area (Å²) in [5.41, 5.74) is 2.89. The zero-order chi connectivity index (χ0) is 13.8. The fraction of sp³-hybridized carbons (Fsp3) is 0.647. The predicted octanol–water partition coefficient (Wildman–Crippen LogP) is 3.02. The van der Waals surface area contributed by atoms with E-state index in [9.17, 15) is 0 Å². The Morgan fingerprint density at radius 1 is 1.10 bits per heavy atom. The third-order valence-electron chi connectivity index (χ3n) is 4.64. The lowest BCUT2D eigenvalue weighted by Crippen LogP contribution is -2.41. The Morgan fingerprint density at radius 3 is 2.40 bits per heavy atom. The molecule has 0 unspecified atom stereocenters. The van der Waals surface area contributed by atoms with Crippen LogP contribution in [-0.4, -0.2) is 25.0 Å². The van der Waals surface area contributed by atoms with Crippen LogP contribution in [0, 0.1) is 0 Å². The van der Waals surface area contributed by atoms with Crippen molar-refractivity contribution in [2.24, 2.45) is 0 Å². The number of hydrogen-bond donors (Lipinski definition) is 1. The van der Waals surface area contributed by atoms with Gasteiger partial charge in [0.1, 0.15) is 0 Å². The summed E-state index contributed by atoms with van der Waals surface area (Å²) in [5.74, 6) is -0.237. The van der Waals surface area contributed by atoms with Crippen LogP contribution < -0.4 is 5.32 Å². The number of benzene rings is 1. The van der Waals surface area contributed by atoms with Gasteiger partial charge in [-0.25, -0.2) is 0 Å². The average Bonchev–Trinajstić information content (AvgIpc) is 2.95. The molecule has 20 heavy (non-hydrogen) atoms. The smallest absolute Gasteiger partial charge is 0.168 e. The van der Waals surface area contributed by atoms with Crippen LogP contribution in [0.25, 0.3) is 0 Å². The lowest BCUT2D eigenvalue weighted by molar-refractivity contribution is -0.179. The number of hydrogen-bond acceptors (Lipinski definition) is 3. The van der Waals surface area contributed by atoms with E-state index in [0.29, 0.717) is 6.04 Å². The van der Waals surface area contributed by atoms with Crippen LogP contribution in [0.15, 0.2) is 24.3 Å². The lowest BCUT2D eigenvalue weighted by Gasteiger charge is -2.35. The number of rotatable bonds is 4. The molecule has 3 heteroatoms. The second kappa shape index (κ2) is 6.25. The van der Waals surface area contributed by atoms with E-state index in [1.54, 1.807) is 0 Å². The molecule has 0 aromatic heterocycles. The van der Waals surface area contributed by atoms with E-state index in [4.69, 9.17) is 9.47 Å². The fourth-order valence-corrected chi connectivity index (χ4v) is 3.38. The molecule has 3 rings (SSSR count). The van der Waals surface area contributed by atoms with Gasteiger partial charge in [-0.2, -0.15) is 0 Å². The zero-order valence-corrected chi connectivity index (χ0v) is 12.4. The molecule has 1 aliphatic heterocycles. The molecule has 0 atom stereocenters. The molecule has 1 heterocycles. The van der Waals surface area contributed by atoms with Crippen LogP contribution in [-0.2, 0) is 22.4 Å². The zero-order valence-electron chi connectivity index (χ0n) is 12.4. The monoisotopic (exact) mass is 275 g/mol. The van der Waals surface area contributed by atoms with E-state index in [1.807, 2.05) is 0 Å². The van der Waals surface area contributed by atoms with Crippen LogP contribution in [0.2, 0.25) is 0 Å². The number of aryl methyl sites for hydroxylation is 1. The molecule has 1 aromatic rings. The normalized spacial score (nSPS) is 22.4. The highest BCUT2D eigenvalue weighted by Gasteiger charge is 2.40. The Kier molecular flexibility index (Phi) is 4.39. The molecule has 110 valence electrons. The van der Waals surface area contributed by atoms with Crippen molar-refractivity contribution < 1.29 is 9.47 Å². The van der Waals surface area contributed by atoms with Crippen molar-refractivity contribution >= 4 is 0 Å². The van der Waals surface area contributed by atoms with Gasteiger partial charge in [0.15, 0.2) is 5.79 Å². The van der Waals surface area contributed by atoms with Crippen molar-refractivity contribution in [3.05, 3.63) is 35.4 Å². The maximum atomic E-state index is 5.78. The molecule has 0 amide bonds. The lowest BCUT2D eigenvalue weighted by atomic mass is 9.90. The van der Waals surface area contributed by atoms with Gasteiger partial charge in [0.25, 0.3) is 0 Å². The molecule has 0 radical (unpaired) electrons. The van der Waals surface area contributed by atoms with E-state index in [0.717, 1.165) is 51.9 Å². The first-order valence-corrected chi connectivity index (χ1v) is 7.89. The summed E-state index contributed by atoms with van der Waals surface area (Å²) in [6.45, 7) is 4.73. The first-order chi connectivity index (χ1) is 9.81. The highest BCUT2D eigenvalue weighted by Crippen LogP contribution is 2.35. The van der Waals surface area contributed by atoms with Gasteiger partial charge in [0.05, 0.1) is 13.2 Å². The molecule has 2 fully saturated rings. The highest BCUT2D eigenvalue weighted by molar-refractivity contribution is 5.26. The van der Waals surface area contributed by atoms with Crippen molar-refractivity contribution in [1.82, 2.24) is 5.32 Å². The molecule has 3 nitrogen and oxygen atoms in total. The molecule has 2 aliphatic rings. The minimum Gasteiger partial charge on any atom is -0.348 e. The fourth-order valence-electron chi connectivity index (χ4n) is 3.38. The van der Waals surface area contributed by atoms with Gasteiger partial charge in [0, 0.05) is 25.4 Å². The summed E-state index contributed by atoms with van der Waals surface area (Å²) >= 11 is 0. The Labute approximate surface area is 121 Å². The molecular weight excluding hydrogens is 250 g/mol. The second-order valence-electron chi connectivity index (χ2n) is 5.89. The Morgan fingerprint density at radius 2 is 1.75 bits per heavy atom. The van der Waals surface area contributed by atoms with E-state index in [2.05, 4.69) is 36.5 Å². The first-order valence-electron chi connectivity index (χ1n) is 7.89. The minimum atomic E-state index is -0.237. The molecule has 1 saturated carbocycles. The van der Waals surface area contributed by atoms with Crippen molar-refractivity contribution in [2.45, 2.75) is 57.4 Å². The Bertz CT molecular complexity index is 430. The summed E-state index contributed by atoms with van der Waals surface area (Å²) in [6, 6.07) is 9.32. The molecule has 1 aromatic carbocycles. The standard InChI is InChI=1S/C17H25NO2/c1-2-14-5-3-4-6-15(14)13-18-16-7-9-17(10-8-16)19-11-12-20-17/h3-6,16,18H,2,7-13H2,1H3. The van der Waals surface area contributed by atoms with E-state index in [1.165, 1.54) is 11.1 Å². The van der Waals surface area contributed by atoms with Gasteiger partial charge in [-0.3, -0.25) is 0 Å². The van der Waals surface area contributed by atoms with Gasteiger partial charge in [-0.05, 0) is 30.4 Å². The van der Waals surface area contributed by atoms with Gasteiger partial charge < -0.3 is 14.8 Å². The summed E-state index contributed by atoms with van der Waals surface area (Å²) in [5, 5.41) is 3.71. The number of nitrogens with one attached hydrogen (secondary N) is 1. The van der Waals surface area contributed by atoms with Gasteiger partial charge in [-0.1, -0.05) is 31.2 Å². The third-order valence-corrected chi connectivity index (χ3v) is 4.64. The average molecular weight is 275 g/mol. The quantitative estimate of drug-likeness (QED) is 0.916. The maximum Gasteiger partial charge on any atom is 0.168 e. The SMILES string of the molecule is CCc1ccccc1CNC1CCC2(CC1)OCCO2. The largest absolute Gasteiger partial charge is 0.348 e. The highest BCUT2D eigenvalue weighted by atomic mass is 16.7. The van der Waals surface area contributed by atoms with Gasteiger partial charge in [0.2, 0.25) is 0 Å². The molecular formula is C17H25NO2. The van der Waals surface area contributed by atoms with Crippen LogP contribution in [0.3, 0.4) is 0 Å². The summed E-state index contributed by atoms with van der Waals surface area (Å²) < 4.78 is 11.6. The molecule has 1 N–H and O–H groups in total. The van der Waals surface area contributed by atoms with Crippen molar-refractivity contribution in [3.63, 3.8) is 0 Å². The molecule has 1 aliphatic carbocycles. The summed E-state index contributed by atoms with van der Waals surface area (Å²) in [7, 11) is 0. The van der Waals surface area contributed by atoms with Gasteiger partial charge in [-0.15, -0.1) is 0 Å². The van der Waals surface area contributed by atoms with Crippen LogP contribution in [0.1, 0.15) is 43.7 Å². The minimum absolute atomic E-state index is 0.237. The van der Waals surface area contributed by atoms with E-state index >= 15 is 0 Å². The van der Waals surface area contributed by atoms with E-state index < -0.39 is 0 Å². The van der Waals surface area contributed by atoms with E-state index in [-0.39, 0.29) is 5.79 Å². The van der Waals surface area contributed by atoms with Crippen LogP contribution >= 0.6 is 0 Å². The predicted molar refractivity (Wildman–Crippen MR) is 79.6 cm³/mol. The topological polar surface area (TPSA) is 30.5 Å².